The van der Waals surface area contributed by atoms with E-state index in [9.17, 15) is 9.18 Å². The van der Waals surface area contributed by atoms with Crippen LogP contribution in [0, 0.1) is 5.82 Å². The van der Waals surface area contributed by atoms with Gasteiger partial charge in [-0.1, -0.05) is 0 Å². The van der Waals surface area contributed by atoms with Crippen molar-refractivity contribution in [1.29, 1.82) is 0 Å². The molecule has 2 rings (SSSR count). The van der Waals surface area contributed by atoms with Gasteiger partial charge in [0.2, 0.25) is 5.76 Å². The van der Waals surface area contributed by atoms with Crippen LogP contribution in [0.2, 0.25) is 0 Å². The second-order valence-electron chi connectivity index (χ2n) is 4.80. The summed E-state index contributed by atoms with van der Waals surface area (Å²) in [5.74, 6) is 0.705. The predicted molar refractivity (Wildman–Crippen MR) is 78.3 cm³/mol. The minimum atomic E-state index is -0.492. The molecule has 0 spiro atoms. The molecule has 0 bridgehead atoms. The summed E-state index contributed by atoms with van der Waals surface area (Å²) in [6.45, 7) is 1.67. The Hall–Kier alpha value is -2.34. The maximum absolute atomic E-state index is 12.8. The summed E-state index contributed by atoms with van der Waals surface area (Å²) in [5, 5.41) is 0. The van der Waals surface area contributed by atoms with E-state index >= 15 is 0 Å². The normalized spacial score (nSPS) is 10.7. The molecule has 2 aromatic rings. The molecule has 1 aromatic carbocycles. The Morgan fingerprint density at radius 1 is 1.23 bits per heavy atom. The molecular weight excluding hydrogens is 289 g/mol. The van der Waals surface area contributed by atoms with Crippen LogP contribution in [-0.2, 0) is 11.3 Å². The Bertz CT molecular complexity index is 609. The van der Waals surface area contributed by atoms with Crippen LogP contribution in [0.4, 0.5) is 4.39 Å². The largest absolute Gasteiger partial charge is 0.492 e. The maximum atomic E-state index is 12.8. The maximum Gasteiger partial charge on any atom is 0.373 e. The first-order valence-electron chi connectivity index (χ1n) is 6.82. The zero-order valence-corrected chi connectivity index (χ0v) is 12.5. The minimum Gasteiger partial charge on any atom is -0.492 e. The van der Waals surface area contributed by atoms with E-state index in [1.165, 1.54) is 19.2 Å². The molecule has 0 aliphatic heterocycles. The number of hydrogen-bond acceptors (Lipinski definition) is 5. The molecule has 0 unspecified atom stereocenters. The van der Waals surface area contributed by atoms with Crippen LogP contribution >= 0.6 is 0 Å². The third-order valence-corrected chi connectivity index (χ3v) is 3.03. The molecule has 1 heterocycles. The van der Waals surface area contributed by atoms with E-state index in [2.05, 4.69) is 4.74 Å². The van der Waals surface area contributed by atoms with Crippen molar-refractivity contribution in [3.8, 4) is 5.75 Å². The smallest absolute Gasteiger partial charge is 0.373 e. The molecule has 0 amide bonds. The summed E-state index contributed by atoms with van der Waals surface area (Å²) in [7, 11) is 3.22. The van der Waals surface area contributed by atoms with Gasteiger partial charge in [-0.25, -0.2) is 9.18 Å². The van der Waals surface area contributed by atoms with Crippen molar-refractivity contribution in [2.24, 2.45) is 0 Å². The number of halogens is 1. The summed E-state index contributed by atoms with van der Waals surface area (Å²) in [5.41, 5.74) is 0. The third-order valence-electron chi connectivity index (χ3n) is 3.03. The molecule has 5 nitrogen and oxygen atoms in total. The minimum absolute atomic E-state index is 0.188. The highest BCUT2D eigenvalue weighted by molar-refractivity contribution is 5.86. The van der Waals surface area contributed by atoms with Gasteiger partial charge in [0, 0.05) is 6.54 Å². The van der Waals surface area contributed by atoms with Crippen LogP contribution < -0.4 is 4.74 Å². The lowest BCUT2D eigenvalue weighted by molar-refractivity contribution is 0.0561. The quantitative estimate of drug-likeness (QED) is 0.736. The molecule has 0 radical (unpaired) electrons. The molecule has 0 fully saturated rings. The number of ether oxygens (including phenoxy) is 2. The lowest BCUT2D eigenvalue weighted by Crippen LogP contribution is -2.23. The number of rotatable bonds is 7. The number of esters is 1. The summed E-state index contributed by atoms with van der Waals surface area (Å²) < 4.78 is 28.2. The van der Waals surface area contributed by atoms with E-state index in [1.54, 1.807) is 24.3 Å². The van der Waals surface area contributed by atoms with Crippen LogP contribution in [0.25, 0.3) is 0 Å². The molecule has 0 saturated heterocycles. The fourth-order valence-electron chi connectivity index (χ4n) is 1.87. The van der Waals surface area contributed by atoms with E-state index in [0.29, 0.717) is 31.2 Å². The van der Waals surface area contributed by atoms with E-state index in [4.69, 9.17) is 9.15 Å². The van der Waals surface area contributed by atoms with E-state index in [-0.39, 0.29) is 11.6 Å². The van der Waals surface area contributed by atoms with Crippen LogP contribution in [0.3, 0.4) is 0 Å². The molecule has 1 aromatic heterocycles. The van der Waals surface area contributed by atoms with Gasteiger partial charge < -0.3 is 13.9 Å². The number of carbonyl (C=O) groups excluding carboxylic acids is 1. The first kappa shape index (κ1) is 16.0. The number of carbonyl (C=O) groups is 1. The van der Waals surface area contributed by atoms with Crippen LogP contribution in [0.1, 0.15) is 16.3 Å². The Kier molecular flexibility index (Phi) is 5.55. The van der Waals surface area contributed by atoms with E-state index in [1.807, 2.05) is 11.9 Å². The molecule has 118 valence electrons. The molecule has 6 heteroatoms. The summed E-state index contributed by atoms with van der Waals surface area (Å²) in [4.78, 5) is 13.3. The van der Waals surface area contributed by atoms with Crippen molar-refractivity contribution in [3.05, 3.63) is 53.7 Å². The Morgan fingerprint density at radius 3 is 2.64 bits per heavy atom. The summed E-state index contributed by atoms with van der Waals surface area (Å²) >= 11 is 0. The topological polar surface area (TPSA) is 51.9 Å². The van der Waals surface area contributed by atoms with Gasteiger partial charge in [0.25, 0.3) is 0 Å². The summed E-state index contributed by atoms with van der Waals surface area (Å²) in [6, 6.07) is 9.22. The highest BCUT2D eigenvalue weighted by Crippen LogP contribution is 2.12. The second-order valence-corrected chi connectivity index (χ2v) is 4.80. The van der Waals surface area contributed by atoms with Crippen molar-refractivity contribution in [2.75, 3.05) is 27.3 Å². The van der Waals surface area contributed by atoms with Crippen molar-refractivity contribution >= 4 is 5.97 Å². The molecule has 22 heavy (non-hydrogen) atoms. The van der Waals surface area contributed by atoms with E-state index in [0.717, 1.165) is 0 Å². The Balaban J connectivity index is 1.75. The third kappa shape index (κ3) is 4.60. The van der Waals surface area contributed by atoms with Crippen molar-refractivity contribution in [3.63, 3.8) is 0 Å². The van der Waals surface area contributed by atoms with Crippen molar-refractivity contribution in [1.82, 2.24) is 4.90 Å². The van der Waals surface area contributed by atoms with Gasteiger partial charge in [-0.05, 0) is 43.4 Å². The molecule has 0 N–H and O–H groups in total. The monoisotopic (exact) mass is 307 g/mol. The SMILES string of the molecule is COC(=O)c1ccc(CN(C)CCOc2ccc(F)cc2)o1. The highest BCUT2D eigenvalue weighted by Gasteiger charge is 2.12. The van der Waals surface area contributed by atoms with Crippen molar-refractivity contribution in [2.45, 2.75) is 6.54 Å². The van der Waals surface area contributed by atoms with Gasteiger partial charge in [-0.2, -0.15) is 0 Å². The number of furan rings is 1. The van der Waals surface area contributed by atoms with Gasteiger partial charge in [-0.3, -0.25) is 4.90 Å². The van der Waals surface area contributed by atoms with Gasteiger partial charge in [-0.15, -0.1) is 0 Å². The first-order valence-corrected chi connectivity index (χ1v) is 6.82. The predicted octanol–water partition coefficient (Wildman–Crippen LogP) is 2.72. The summed E-state index contributed by atoms with van der Waals surface area (Å²) in [6.07, 6.45) is 0. The van der Waals surface area contributed by atoms with Crippen LogP contribution in [-0.4, -0.2) is 38.2 Å². The van der Waals surface area contributed by atoms with Crippen LogP contribution in [0.15, 0.2) is 40.8 Å². The number of nitrogens with zero attached hydrogens (tertiary/aromatic N) is 1. The number of likely N-dealkylation sites (N-methyl/N-ethyl adjacent to an activating group) is 1. The highest BCUT2D eigenvalue weighted by atomic mass is 19.1. The molecule has 0 atom stereocenters. The lowest BCUT2D eigenvalue weighted by atomic mass is 10.3. The second kappa shape index (κ2) is 7.61. The fourth-order valence-corrected chi connectivity index (χ4v) is 1.87. The Labute approximate surface area is 128 Å². The fraction of sp³-hybridized carbons (Fsp3) is 0.312. The van der Waals surface area contributed by atoms with Gasteiger partial charge >= 0.3 is 5.97 Å². The lowest BCUT2D eigenvalue weighted by Gasteiger charge is -2.15. The van der Waals surface area contributed by atoms with Gasteiger partial charge in [0.15, 0.2) is 0 Å². The zero-order valence-electron chi connectivity index (χ0n) is 12.5. The average molecular weight is 307 g/mol. The van der Waals surface area contributed by atoms with Gasteiger partial charge in [0.1, 0.15) is 23.9 Å². The number of methoxy groups -OCH3 is 1. The van der Waals surface area contributed by atoms with E-state index < -0.39 is 5.97 Å². The Morgan fingerprint density at radius 2 is 1.95 bits per heavy atom. The number of hydrogen-bond donors (Lipinski definition) is 0. The van der Waals surface area contributed by atoms with Gasteiger partial charge in [0.05, 0.1) is 13.7 Å². The molecule has 0 saturated carbocycles. The van der Waals surface area contributed by atoms with Crippen LogP contribution in [0.5, 0.6) is 5.75 Å². The average Bonchev–Trinajstić information content (AvgIpc) is 2.97. The molecule has 0 aliphatic carbocycles. The van der Waals surface area contributed by atoms with Crippen molar-refractivity contribution < 1.29 is 23.1 Å². The first-order chi connectivity index (χ1) is 10.6. The standard InChI is InChI=1S/C16H18FNO4/c1-18(9-10-21-13-5-3-12(17)4-6-13)11-14-7-8-15(22-14)16(19)20-2/h3-8H,9-11H2,1-2H3. The molecular formula is C16H18FNO4. The number of benzene rings is 1. The zero-order chi connectivity index (χ0) is 15.9. The molecule has 0 aliphatic rings.